The lowest BCUT2D eigenvalue weighted by Gasteiger charge is -2.28. The molecule has 1 unspecified atom stereocenters. The average Bonchev–Trinajstić information content (AvgIpc) is 2.15. The molecule has 3 heteroatoms. The first-order chi connectivity index (χ1) is 7.16. The highest BCUT2D eigenvalue weighted by Crippen LogP contribution is 2.36. The molecule has 0 spiro atoms. The third-order valence-corrected chi connectivity index (χ3v) is 3.75. The van der Waals surface area contributed by atoms with E-state index in [2.05, 4.69) is 0 Å². The SMILES string of the molecule is NC(CC1CCC1)c1cc(Cl)ccc1Cl. The second-order valence-electron chi connectivity index (χ2n) is 4.30. The standard InChI is InChI=1S/C12H15Cl2N/c13-9-4-5-11(14)10(7-9)12(15)6-8-2-1-3-8/h4-5,7-8,12H,1-3,6,15H2. The highest BCUT2D eigenvalue weighted by Gasteiger charge is 2.22. The minimum Gasteiger partial charge on any atom is -0.324 e. The van der Waals surface area contributed by atoms with Gasteiger partial charge in [-0.2, -0.15) is 0 Å². The Bertz CT molecular complexity index is 347. The molecule has 15 heavy (non-hydrogen) atoms. The van der Waals surface area contributed by atoms with E-state index in [0.29, 0.717) is 5.02 Å². The molecule has 1 atom stereocenters. The van der Waals surface area contributed by atoms with Gasteiger partial charge in [0.2, 0.25) is 0 Å². The van der Waals surface area contributed by atoms with E-state index in [1.807, 2.05) is 12.1 Å². The smallest absolute Gasteiger partial charge is 0.0454 e. The van der Waals surface area contributed by atoms with Gasteiger partial charge in [0.25, 0.3) is 0 Å². The van der Waals surface area contributed by atoms with Crippen LogP contribution in [0.5, 0.6) is 0 Å². The Balaban J connectivity index is 2.09. The first kappa shape index (κ1) is 11.3. The maximum absolute atomic E-state index is 6.13. The van der Waals surface area contributed by atoms with Crippen molar-refractivity contribution in [3.8, 4) is 0 Å². The molecule has 2 N–H and O–H groups in total. The summed E-state index contributed by atoms with van der Waals surface area (Å²) >= 11 is 12.0. The molecule has 0 saturated heterocycles. The molecule has 0 radical (unpaired) electrons. The van der Waals surface area contributed by atoms with Crippen molar-refractivity contribution in [3.63, 3.8) is 0 Å². The van der Waals surface area contributed by atoms with Crippen LogP contribution in [0, 0.1) is 5.92 Å². The van der Waals surface area contributed by atoms with Crippen molar-refractivity contribution in [1.82, 2.24) is 0 Å². The maximum Gasteiger partial charge on any atom is 0.0454 e. The van der Waals surface area contributed by atoms with Crippen LogP contribution in [0.15, 0.2) is 18.2 Å². The van der Waals surface area contributed by atoms with Crippen LogP contribution in [0.2, 0.25) is 10.0 Å². The molecule has 0 aromatic heterocycles. The van der Waals surface area contributed by atoms with E-state index in [4.69, 9.17) is 28.9 Å². The van der Waals surface area contributed by atoms with Crippen LogP contribution >= 0.6 is 23.2 Å². The summed E-state index contributed by atoms with van der Waals surface area (Å²) in [6.07, 6.45) is 5.00. The van der Waals surface area contributed by atoms with E-state index in [1.54, 1.807) is 6.07 Å². The van der Waals surface area contributed by atoms with Gasteiger partial charge in [0.05, 0.1) is 0 Å². The van der Waals surface area contributed by atoms with Gasteiger partial charge in [0.1, 0.15) is 0 Å². The summed E-state index contributed by atoms with van der Waals surface area (Å²) in [5.74, 6) is 0.787. The van der Waals surface area contributed by atoms with Gasteiger partial charge >= 0.3 is 0 Å². The van der Waals surface area contributed by atoms with Gasteiger partial charge < -0.3 is 5.73 Å². The number of hydrogen-bond acceptors (Lipinski definition) is 1. The Kier molecular flexibility index (Phi) is 3.55. The van der Waals surface area contributed by atoms with Crippen LogP contribution in [-0.2, 0) is 0 Å². The molecule has 1 nitrogen and oxygen atoms in total. The zero-order valence-electron chi connectivity index (χ0n) is 8.55. The summed E-state index contributed by atoms with van der Waals surface area (Å²) in [6, 6.07) is 5.53. The highest BCUT2D eigenvalue weighted by molar-refractivity contribution is 6.33. The topological polar surface area (TPSA) is 26.0 Å². The first-order valence-electron chi connectivity index (χ1n) is 5.37. The molecular formula is C12H15Cl2N. The third kappa shape index (κ3) is 2.66. The van der Waals surface area contributed by atoms with Gasteiger partial charge in [-0.3, -0.25) is 0 Å². The van der Waals surface area contributed by atoms with E-state index >= 15 is 0 Å². The summed E-state index contributed by atoms with van der Waals surface area (Å²) in [5.41, 5.74) is 7.11. The lowest BCUT2D eigenvalue weighted by Crippen LogP contribution is -2.20. The zero-order valence-corrected chi connectivity index (χ0v) is 10.1. The maximum atomic E-state index is 6.13. The molecule has 1 aromatic rings. The molecule has 2 rings (SSSR count). The van der Waals surface area contributed by atoms with Gasteiger partial charge in [-0.25, -0.2) is 0 Å². The minimum atomic E-state index is 0.0292. The van der Waals surface area contributed by atoms with Crippen molar-refractivity contribution >= 4 is 23.2 Å². The molecule has 1 fully saturated rings. The van der Waals surface area contributed by atoms with Crippen LogP contribution in [0.4, 0.5) is 0 Å². The van der Waals surface area contributed by atoms with Gasteiger partial charge in [0.15, 0.2) is 0 Å². The second-order valence-corrected chi connectivity index (χ2v) is 5.15. The summed E-state index contributed by atoms with van der Waals surface area (Å²) in [6.45, 7) is 0. The Hall–Kier alpha value is -0.240. The van der Waals surface area contributed by atoms with Crippen LogP contribution in [0.25, 0.3) is 0 Å². The third-order valence-electron chi connectivity index (χ3n) is 3.17. The van der Waals surface area contributed by atoms with Crippen molar-refractivity contribution in [2.24, 2.45) is 11.7 Å². The van der Waals surface area contributed by atoms with Crippen molar-refractivity contribution in [3.05, 3.63) is 33.8 Å². The highest BCUT2D eigenvalue weighted by atomic mass is 35.5. The molecule has 1 saturated carbocycles. The van der Waals surface area contributed by atoms with Crippen LogP contribution in [0.3, 0.4) is 0 Å². The van der Waals surface area contributed by atoms with Gasteiger partial charge in [-0.05, 0) is 36.1 Å². The molecule has 0 heterocycles. The quantitative estimate of drug-likeness (QED) is 0.847. The average molecular weight is 244 g/mol. The number of benzene rings is 1. The number of nitrogens with two attached hydrogens (primary N) is 1. The lowest BCUT2D eigenvalue weighted by atomic mass is 9.80. The summed E-state index contributed by atoms with van der Waals surface area (Å²) < 4.78 is 0. The summed E-state index contributed by atoms with van der Waals surface area (Å²) in [7, 11) is 0. The molecule has 1 aromatic carbocycles. The Morgan fingerprint density at radius 1 is 1.33 bits per heavy atom. The van der Waals surface area contributed by atoms with Crippen LogP contribution < -0.4 is 5.73 Å². The van der Waals surface area contributed by atoms with Crippen molar-refractivity contribution in [2.45, 2.75) is 31.7 Å². The first-order valence-corrected chi connectivity index (χ1v) is 6.13. The monoisotopic (exact) mass is 243 g/mol. The van der Waals surface area contributed by atoms with Crippen LogP contribution in [0.1, 0.15) is 37.3 Å². The molecule has 0 aliphatic heterocycles. The van der Waals surface area contributed by atoms with Crippen molar-refractivity contribution < 1.29 is 0 Å². The van der Waals surface area contributed by atoms with Gasteiger partial charge in [-0.15, -0.1) is 0 Å². The molecule has 0 amide bonds. The number of rotatable bonds is 3. The van der Waals surface area contributed by atoms with E-state index in [0.717, 1.165) is 22.9 Å². The lowest BCUT2D eigenvalue weighted by molar-refractivity contribution is 0.277. The predicted molar refractivity (Wildman–Crippen MR) is 65.3 cm³/mol. The largest absolute Gasteiger partial charge is 0.324 e. The normalized spacial score (nSPS) is 18.6. The van der Waals surface area contributed by atoms with E-state index < -0.39 is 0 Å². The fraction of sp³-hybridized carbons (Fsp3) is 0.500. The Labute approximate surface area is 101 Å². The number of hydrogen-bond donors (Lipinski definition) is 1. The van der Waals surface area contributed by atoms with E-state index in [1.165, 1.54) is 19.3 Å². The van der Waals surface area contributed by atoms with Gasteiger partial charge in [-0.1, -0.05) is 42.5 Å². The van der Waals surface area contributed by atoms with Crippen molar-refractivity contribution in [2.75, 3.05) is 0 Å². The predicted octanol–water partition coefficient (Wildman–Crippen LogP) is 4.18. The van der Waals surface area contributed by atoms with Crippen molar-refractivity contribution in [1.29, 1.82) is 0 Å². The molecule has 82 valence electrons. The fourth-order valence-electron chi connectivity index (χ4n) is 2.01. The Morgan fingerprint density at radius 2 is 2.07 bits per heavy atom. The molecule has 0 bridgehead atoms. The molecule has 1 aliphatic rings. The molecular weight excluding hydrogens is 229 g/mol. The summed E-state index contributed by atoms with van der Waals surface area (Å²) in [4.78, 5) is 0. The number of halogens is 2. The molecule has 1 aliphatic carbocycles. The van der Waals surface area contributed by atoms with Crippen LogP contribution in [-0.4, -0.2) is 0 Å². The second kappa shape index (κ2) is 4.73. The minimum absolute atomic E-state index is 0.0292. The fourth-order valence-corrected chi connectivity index (χ4v) is 2.45. The van der Waals surface area contributed by atoms with E-state index in [9.17, 15) is 0 Å². The Morgan fingerprint density at radius 3 is 2.67 bits per heavy atom. The zero-order chi connectivity index (χ0) is 10.8. The summed E-state index contributed by atoms with van der Waals surface area (Å²) in [5, 5.41) is 1.43. The van der Waals surface area contributed by atoms with E-state index in [-0.39, 0.29) is 6.04 Å². The van der Waals surface area contributed by atoms with Gasteiger partial charge in [0, 0.05) is 16.1 Å².